The van der Waals surface area contributed by atoms with Crippen LogP contribution < -0.4 is 4.90 Å². The quantitative estimate of drug-likeness (QED) is 0.190. The molecule has 0 saturated carbocycles. The third-order valence-electron chi connectivity index (χ3n) is 9.36. The lowest BCUT2D eigenvalue weighted by Crippen LogP contribution is -2.08. The SMILES string of the molecule is CN(c1ccccc1)c1ccc(-c2cccc3c4c5ccccc5c5ccccc5c4n(-c4ccc5ccccc5c4)c23)cc1. The molecule has 0 bridgehead atoms. The molecule has 1 heterocycles. The van der Waals surface area contributed by atoms with Crippen molar-refractivity contribution in [3.8, 4) is 16.8 Å². The second-order valence-corrected chi connectivity index (χ2v) is 11.8. The Hall–Kier alpha value is -5.86. The Labute approximate surface area is 262 Å². The highest BCUT2D eigenvalue weighted by Gasteiger charge is 2.21. The molecule has 9 rings (SSSR count). The second-order valence-electron chi connectivity index (χ2n) is 11.8. The summed E-state index contributed by atoms with van der Waals surface area (Å²) in [4.78, 5) is 2.23. The van der Waals surface area contributed by atoms with Gasteiger partial charge in [0, 0.05) is 45.8 Å². The fourth-order valence-electron chi connectivity index (χ4n) is 7.20. The van der Waals surface area contributed by atoms with Crippen LogP contribution in [0.3, 0.4) is 0 Å². The van der Waals surface area contributed by atoms with Crippen LogP contribution in [0.5, 0.6) is 0 Å². The van der Waals surface area contributed by atoms with Crippen molar-refractivity contribution in [3.05, 3.63) is 164 Å². The van der Waals surface area contributed by atoms with Gasteiger partial charge < -0.3 is 9.47 Å². The van der Waals surface area contributed by atoms with Crippen LogP contribution in [0.4, 0.5) is 11.4 Å². The first-order valence-corrected chi connectivity index (χ1v) is 15.5. The minimum absolute atomic E-state index is 1.16. The number of aromatic nitrogens is 1. The molecule has 0 N–H and O–H groups in total. The van der Waals surface area contributed by atoms with Crippen molar-refractivity contribution >= 4 is 65.5 Å². The first-order valence-electron chi connectivity index (χ1n) is 15.5. The third kappa shape index (κ3) is 3.96. The lowest BCUT2D eigenvalue weighted by Gasteiger charge is -2.20. The normalized spacial score (nSPS) is 11.7. The smallest absolute Gasteiger partial charge is 0.0626 e. The zero-order valence-corrected chi connectivity index (χ0v) is 25.0. The highest BCUT2D eigenvalue weighted by atomic mass is 15.1. The monoisotopic (exact) mass is 574 g/mol. The van der Waals surface area contributed by atoms with E-state index < -0.39 is 0 Å². The predicted molar refractivity (Wildman–Crippen MR) is 193 cm³/mol. The van der Waals surface area contributed by atoms with Gasteiger partial charge in [-0.05, 0) is 68.9 Å². The Bertz CT molecular complexity index is 2540. The average Bonchev–Trinajstić information content (AvgIpc) is 3.48. The topological polar surface area (TPSA) is 8.17 Å². The van der Waals surface area contributed by atoms with Gasteiger partial charge in [-0.3, -0.25) is 0 Å². The largest absolute Gasteiger partial charge is 0.345 e. The van der Waals surface area contributed by atoms with Gasteiger partial charge in [-0.2, -0.15) is 0 Å². The summed E-state index contributed by atoms with van der Waals surface area (Å²) in [5.41, 5.74) is 8.40. The summed E-state index contributed by atoms with van der Waals surface area (Å²) in [6.45, 7) is 0. The molecule has 0 unspecified atom stereocenters. The number of nitrogens with zero attached hydrogens (tertiary/aromatic N) is 2. The van der Waals surface area contributed by atoms with E-state index in [4.69, 9.17) is 0 Å². The van der Waals surface area contributed by atoms with Crippen LogP contribution in [0.25, 0.3) is 70.9 Å². The van der Waals surface area contributed by atoms with Crippen LogP contribution in [-0.4, -0.2) is 11.6 Å². The summed E-state index contributed by atoms with van der Waals surface area (Å²) in [5.74, 6) is 0. The van der Waals surface area contributed by atoms with E-state index in [2.05, 4.69) is 180 Å². The lowest BCUT2D eigenvalue weighted by atomic mass is 9.96. The molecule has 0 fully saturated rings. The number of hydrogen-bond donors (Lipinski definition) is 0. The molecule has 0 aliphatic heterocycles. The van der Waals surface area contributed by atoms with E-state index in [1.54, 1.807) is 0 Å². The van der Waals surface area contributed by atoms with Gasteiger partial charge in [-0.15, -0.1) is 0 Å². The molecular weight excluding hydrogens is 544 g/mol. The number of benzene rings is 8. The number of fused-ring (bicyclic) bond motifs is 9. The minimum atomic E-state index is 1.16. The zero-order valence-electron chi connectivity index (χ0n) is 25.0. The van der Waals surface area contributed by atoms with Crippen molar-refractivity contribution < 1.29 is 0 Å². The molecule has 0 spiro atoms. The van der Waals surface area contributed by atoms with E-state index in [9.17, 15) is 0 Å². The Morgan fingerprint density at radius 1 is 0.422 bits per heavy atom. The van der Waals surface area contributed by atoms with E-state index in [0.29, 0.717) is 0 Å². The Morgan fingerprint density at radius 2 is 1.02 bits per heavy atom. The molecule has 9 aromatic rings. The third-order valence-corrected chi connectivity index (χ3v) is 9.36. The van der Waals surface area contributed by atoms with Crippen molar-refractivity contribution in [2.75, 3.05) is 11.9 Å². The number of rotatable bonds is 4. The Morgan fingerprint density at radius 3 is 1.80 bits per heavy atom. The van der Waals surface area contributed by atoms with Crippen LogP contribution in [0.2, 0.25) is 0 Å². The molecule has 0 radical (unpaired) electrons. The molecule has 212 valence electrons. The molecule has 2 heteroatoms. The van der Waals surface area contributed by atoms with Crippen molar-refractivity contribution in [2.24, 2.45) is 0 Å². The minimum Gasteiger partial charge on any atom is -0.345 e. The molecule has 8 aromatic carbocycles. The molecule has 1 aromatic heterocycles. The summed E-state index contributed by atoms with van der Waals surface area (Å²) in [7, 11) is 2.12. The molecule has 0 atom stereocenters. The number of para-hydroxylation sites is 2. The fourth-order valence-corrected chi connectivity index (χ4v) is 7.20. The van der Waals surface area contributed by atoms with Crippen LogP contribution in [0.1, 0.15) is 0 Å². The standard InChI is InChI=1S/C43H30N2/c1-44(32-14-3-2-4-15-32)33-25-23-30(24-26-33)35-20-11-21-40-41-38-18-9-7-16-36(38)37-17-8-10-19-39(37)43(41)45(42(35)40)34-27-22-29-12-5-6-13-31(29)28-34/h2-28H,1H3. The maximum absolute atomic E-state index is 2.52. The van der Waals surface area contributed by atoms with E-state index in [1.165, 1.54) is 76.6 Å². The first-order chi connectivity index (χ1) is 22.3. The fraction of sp³-hybridized carbons (Fsp3) is 0.0233. The molecule has 0 aliphatic rings. The zero-order chi connectivity index (χ0) is 29.9. The van der Waals surface area contributed by atoms with Crippen LogP contribution >= 0.6 is 0 Å². The molecule has 2 nitrogen and oxygen atoms in total. The number of anilines is 2. The van der Waals surface area contributed by atoms with Crippen molar-refractivity contribution in [3.63, 3.8) is 0 Å². The summed E-state index contributed by atoms with van der Waals surface area (Å²) in [5, 5.41) is 10.2. The van der Waals surface area contributed by atoms with Gasteiger partial charge in [0.2, 0.25) is 0 Å². The first kappa shape index (κ1) is 25.6. The summed E-state index contributed by atoms with van der Waals surface area (Å²) in [6, 6.07) is 59.6. The van der Waals surface area contributed by atoms with Gasteiger partial charge in [0.25, 0.3) is 0 Å². The highest BCUT2D eigenvalue weighted by Crippen LogP contribution is 2.45. The van der Waals surface area contributed by atoms with Crippen LogP contribution in [-0.2, 0) is 0 Å². The van der Waals surface area contributed by atoms with Crippen molar-refractivity contribution in [2.45, 2.75) is 0 Å². The summed E-state index contributed by atoms with van der Waals surface area (Å²) in [6.07, 6.45) is 0. The molecule has 0 aliphatic carbocycles. The number of hydrogen-bond acceptors (Lipinski definition) is 1. The van der Waals surface area contributed by atoms with E-state index in [1.807, 2.05) is 0 Å². The van der Waals surface area contributed by atoms with Gasteiger partial charge in [0.1, 0.15) is 0 Å². The highest BCUT2D eigenvalue weighted by molar-refractivity contribution is 6.33. The second kappa shape index (κ2) is 10.1. The Balaban J connectivity index is 1.38. The molecule has 0 amide bonds. The molecular formula is C43H30N2. The predicted octanol–water partition coefficient (Wildman–Crippen LogP) is 11.7. The van der Waals surface area contributed by atoms with Gasteiger partial charge in [0.05, 0.1) is 11.0 Å². The molecule has 45 heavy (non-hydrogen) atoms. The van der Waals surface area contributed by atoms with Crippen molar-refractivity contribution in [1.29, 1.82) is 0 Å². The van der Waals surface area contributed by atoms with Crippen molar-refractivity contribution in [1.82, 2.24) is 4.57 Å². The maximum atomic E-state index is 2.52. The molecule has 0 saturated heterocycles. The maximum Gasteiger partial charge on any atom is 0.0626 e. The average molecular weight is 575 g/mol. The van der Waals surface area contributed by atoms with Gasteiger partial charge in [0.15, 0.2) is 0 Å². The van der Waals surface area contributed by atoms with E-state index in [0.717, 1.165) is 5.69 Å². The lowest BCUT2D eigenvalue weighted by molar-refractivity contribution is 1.19. The van der Waals surface area contributed by atoms with Gasteiger partial charge in [-0.1, -0.05) is 127 Å². The van der Waals surface area contributed by atoms with E-state index >= 15 is 0 Å². The van der Waals surface area contributed by atoms with Gasteiger partial charge in [-0.25, -0.2) is 0 Å². The summed E-state index contributed by atoms with van der Waals surface area (Å²) < 4.78 is 2.52. The summed E-state index contributed by atoms with van der Waals surface area (Å²) >= 11 is 0. The van der Waals surface area contributed by atoms with Crippen LogP contribution in [0.15, 0.2) is 164 Å². The van der Waals surface area contributed by atoms with E-state index in [-0.39, 0.29) is 0 Å². The van der Waals surface area contributed by atoms with Gasteiger partial charge >= 0.3 is 0 Å². The van der Waals surface area contributed by atoms with Crippen LogP contribution in [0, 0.1) is 0 Å². The Kier molecular flexibility index (Phi) is 5.76.